The van der Waals surface area contributed by atoms with Crippen molar-refractivity contribution in [2.24, 2.45) is 11.8 Å². The second-order valence-corrected chi connectivity index (χ2v) is 5.46. The predicted octanol–water partition coefficient (Wildman–Crippen LogP) is 1.49. The highest BCUT2D eigenvalue weighted by Crippen LogP contribution is 2.26. The molecule has 2 unspecified atom stereocenters. The lowest BCUT2D eigenvalue weighted by molar-refractivity contribution is 0.104. The zero-order valence-corrected chi connectivity index (χ0v) is 11.7. The minimum atomic E-state index is -0.152. The summed E-state index contributed by atoms with van der Waals surface area (Å²) in [5.74, 6) is 6.86. The van der Waals surface area contributed by atoms with Crippen LogP contribution in [0.4, 0.5) is 11.8 Å². The number of aliphatic hydroxyl groups is 1. The van der Waals surface area contributed by atoms with Crippen LogP contribution in [0.1, 0.15) is 25.7 Å². The van der Waals surface area contributed by atoms with Gasteiger partial charge in [0.15, 0.2) is 0 Å². The molecule has 6 nitrogen and oxygen atoms in total. The monoisotopic (exact) mass is 315 g/mol. The largest absolute Gasteiger partial charge is 0.393 e. The number of hydrogen-bond donors (Lipinski definition) is 4. The van der Waals surface area contributed by atoms with Gasteiger partial charge in [-0.1, -0.05) is 6.42 Å². The fraction of sp³-hybridized carbons (Fsp3) is 0.636. The first kappa shape index (κ1) is 13.5. The molecule has 0 aromatic carbocycles. The van der Waals surface area contributed by atoms with Gasteiger partial charge in [-0.05, 0) is 41.1 Å². The Morgan fingerprint density at radius 1 is 1.50 bits per heavy atom. The average Bonchev–Trinajstić information content (AvgIpc) is 2.38. The quantitative estimate of drug-likeness (QED) is 0.496. The van der Waals surface area contributed by atoms with Gasteiger partial charge in [0.05, 0.1) is 10.6 Å². The summed E-state index contributed by atoms with van der Waals surface area (Å²) in [6, 6.07) is 0. The summed E-state index contributed by atoms with van der Waals surface area (Å²) >= 11 is 3.39. The zero-order valence-electron chi connectivity index (χ0n) is 10.1. The van der Waals surface area contributed by atoms with Crippen molar-refractivity contribution in [3.05, 3.63) is 10.7 Å². The third kappa shape index (κ3) is 3.54. The Bertz CT molecular complexity index is 403. The topological polar surface area (TPSA) is 96.1 Å². The van der Waals surface area contributed by atoms with Crippen LogP contribution in [0.15, 0.2) is 10.7 Å². The molecule has 0 spiro atoms. The highest BCUT2D eigenvalue weighted by Gasteiger charge is 2.20. The van der Waals surface area contributed by atoms with Gasteiger partial charge >= 0.3 is 0 Å². The molecule has 0 amide bonds. The van der Waals surface area contributed by atoms with Crippen LogP contribution in [0.5, 0.6) is 0 Å². The molecule has 1 aliphatic rings. The first-order chi connectivity index (χ1) is 8.69. The van der Waals surface area contributed by atoms with E-state index in [1.807, 2.05) is 0 Å². The first-order valence-corrected chi connectivity index (χ1v) is 6.89. The Morgan fingerprint density at radius 2 is 2.33 bits per heavy atom. The van der Waals surface area contributed by atoms with E-state index in [9.17, 15) is 5.11 Å². The molecule has 1 aromatic heterocycles. The lowest BCUT2D eigenvalue weighted by atomic mass is 9.87. The fourth-order valence-corrected chi connectivity index (χ4v) is 2.58. The average molecular weight is 316 g/mol. The molecule has 0 radical (unpaired) electrons. The number of nitrogens with zero attached hydrogens (tertiary/aromatic N) is 2. The van der Waals surface area contributed by atoms with Crippen LogP contribution in [-0.2, 0) is 0 Å². The normalized spacial score (nSPS) is 23.7. The van der Waals surface area contributed by atoms with E-state index in [0.29, 0.717) is 11.9 Å². The minimum Gasteiger partial charge on any atom is -0.393 e. The van der Waals surface area contributed by atoms with E-state index in [-0.39, 0.29) is 6.10 Å². The van der Waals surface area contributed by atoms with Gasteiger partial charge in [0, 0.05) is 12.7 Å². The summed E-state index contributed by atoms with van der Waals surface area (Å²) in [7, 11) is 0. The summed E-state index contributed by atoms with van der Waals surface area (Å²) in [4.78, 5) is 8.22. The molecule has 0 bridgehead atoms. The Hall–Kier alpha value is -0.920. The van der Waals surface area contributed by atoms with Gasteiger partial charge in [0.1, 0.15) is 5.82 Å². The Morgan fingerprint density at radius 3 is 3.06 bits per heavy atom. The minimum absolute atomic E-state index is 0.152. The molecule has 1 fully saturated rings. The number of nitrogens with one attached hydrogen (secondary N) is 2. The standard InChI is InChI=1S/C11H18BrN5O/c12-9-6-15-11(17-13)16-10(9)14-5-7-2-1-3-8(18)4-7/h6-8,18H,1-5,13H2,(H2,14,15,16,17). The molecule has 1 heterocycles. The maximum Gasteiger partial charge on any atom is 0.239 e. The summed E-state index contributed by atoms with van der Waals surface area (Å²) in [5.41, 5.74) is 2.42. The van der Waals surface area contributed by atoms with Crippen molar-refractivity contribution in [3.63, 3.8) is 0 Å². The van der Waals surface area contributed by atoms with Crippen molar-refractivity contribution >= 4 is 27.7 Å². The summed E-state index contributed by atoms with van der Waals surface area (Å²) in [6.07, 6.45) is 5.52. The molecule has 2 atom stereocenters. The van der Waals surface area contributed by atoms with Crippen LogP contribution in [-0.4, -0.2) is 27.7 Å². The van der Waals surface area contributed by atoms with E-state index >= 15 is 0 Å². The first-order valence-electron chi connectivity index (χ1n) is 6.10. The van der Waals surface area contributed by atoms with Crippen molar-refractivity contribution < 1.29 is 5.11 Å². The van der Waals surface area contributed by atoms with Crippen LogP contribution in [0.25, 0.3) is 0 Å². The smallest absolute Gasteiger partial charge is 0.239 e. The third-order valence-corrected chi connectivity index (χ3v) is 3.77. The van der Waals surface area contributed by atoms with Crippen molar-refractivity contribution in [2.45, 2.75) is 31.8 Å². The van der Waals surface area contributed by atoms with Gasteiger partial charge in [-0.3, -0.25) is 5.43 Å². The Labute approximate surface area is 114 Å². The molecule has 1 aliphatic carbocycles. The zero-order chi connectivity index (χ0) is 13.0. The van der Waals surface area contributed by atoms with Crippen molar-refractivity contribution in [2.75, 3.05) is 17.3 Å². The maximum absolute atomic E-state index is 9.62. The molecule has 1 aromatic rings. The third-order valence-electron chi connectivity index (χ3n) is 3.19. The Kier molecular flexibility index (Phi) is 4.73. The van der Waals surface area contributed by atoms with Crippen LogP contribution < -0.4 is 16.6 Å². The molecule has 5 N–H and O–H groups in total. The lowest BCUT2D eigenvalue weighted by Gasteiger charge is -2.26. The molecular weight excluding hydrogens is 298 g/mol. The maximum atomic E-state index is 9.62. The number of hydrazine groups is 1. The molecule has 1 saturated carbocycles. The number of nitrogen functional groups attached to an aromatic ring is 1. The molecular formula is C11H18BrN5O. The van der Waals surface area contributed by atoms with Gasteiger partial charge in [0.2, 0.25) is 5.95 Å². The van der Waals surface area contributed by atoms with Gasteiger partial charge in [0.25, 0.3) is 0 Å². The van der Waals surface area contributed by atoms with Crippen LogP contribution in [0.3, 0.4) is 0 Å². The van der Waals surface area contributed by atoms with Crippen LogP contribution >= 0.6 is 15.9 Å². The highest BCUT2D eigenvalue weighted by atomic mass is 79.9. The van der Waals surface area contributed by atoms with Gasteiger partial charge in [-0.25, -0.2) is 10.8 Å². The molecule has 2 rings (SSSR count). The number of halogens is 1. The summed E-state index contributed by atoms with van der Waals surface area (Å²) in [5, 5.41) is 12.9. The van der Waals surface area contributed by atoms with Crippen LogP contribution in [0.2, 0.25) is 0 Å². The van der Waals surface area contributed by atoms with E-state index in [1.165, 1.54) is 0 Å². The predicted molar refractivity (Wildman–Crippen MR) is 74.0 cm³/mol. The second kappa shape index (κ2) is 6.31. The van der Waals surface area contributed by atoms with E-state index in [0.717, 1.165) is 42.5 Å². The summed E-state index contributed by atoms with van der Waals surface area (Å²) < 4.78 is 0.804. The van der Waals surface area contributed by atoms with Gasteiger partial charge in [-0.2, -0.15) is 4.98 Å². The van der Waals surface area contributed by atoms with Crippen molar-refractivity contribution in [1.82, 2.24) is 9.97 Å². The van der Waals surface area contributed by atoms with Crippen LogP contribution in [0, 0.1) is 5.92 Å². The second-order valence-electron chi connectivity index (χ2n) is 4.60. The fourth-order valence-electron chi connectivity index (χ4n) is 2.25. The van der Waals surface area contributed by atoms with E-state index in [1.54, 1.807) is 6.20 Å². The van der Waals surface area contributed by atoms with E-state index in [4.69, 9.17) is 5.84 Å². The highest BCUT2D eigenvalue weighted by molar-refractivity contribution is 9.10. The van der Waals surface area contributed by atoms with Gasteiger partial charge in [-0.15, -0.1) is 0 Å². The number of aromatic nitrogens is 2. The number of aliphatic hydroxyl groups excluding tert-OH is 1. The molecule has 7 heteroatoms. The number of anilines is 2. The van der Waals surface area contributed by atoms with Gasteiger partial charge < -0.3 is 10.4 Å². The number of rotatable bonds is 4. The summed E-state index contributed by atoms with van der Waals surface area (Å²) in [6.45, 7) is 0.802. The van der Waals surface area contributed by atoms with Crippen molar-refractivity contribution in [3.8, 4) is 0 Å². The number of nitrogens with two attached hydrogens (primary N) is 1. The Balaban J connectivity index is 1.92. The van der Waals surface area contributed by atoms with Crippen molar-refractivity contribution in [1.29, 1.82) is 0 Å². The molecule has 0 aliphatic heterocycles. The van der Waals surface area contributed by atoms with E-state index < -0.39 is 0 Å². The van der Waals surface area contributed by atoms with E-state index in [2.05, 4.69) is 36.6 Å². The SMILES string of the molecule is NNc1ncc(Br)c(NCC2CCCC(O)C2)n1. The molecule has 18 heavy (non-hydrogen) atoms. The number of hydrogen-bond acceptors (Lipinski definition) is 6. The molecule has 0 saturated heterocycles. The molecule has 100 valence electrons. The lowest BCUT2D eigenvalue weighted by Crippen LogP contribution is -2.25.